The van der Waals surface area contributed by atoms with Gasteiger partial charge in [0.25, 0.3) is 5.92 Å². The van der Waals surface area contributed by atoms with Gasteiger partial charge in [-0.05, 0) is 35.7 Å². The predicted octanol–water partition coefficient (Wildman–Crippen LogP) is 2.41. The smallest absolute Gasteiger partial charge is 0.263 e. The fourth-order valence-corrected chi connectivity index (χ4v) is 5.77. The molecule has 0 saturated carbocycles. The molecule has 0 unspecified atom stereocenters. The molecule has 30 heavy (non-hydrogen) atoms. The number of fused-ring (bicyclic) bond motifs is 1. The van der Waals surface area contributed by atoms with Gasteiger partial charge in [-0.1, -0.05) is 18.2 Å². The van der Waals surface area contributed by atoms with E-state index in [-0.39, 0.29) is 5.56 Å². The number of halogens is 3. The largest absolute Gasteiger partial charge is 0.395 e. The summed E-state index contributed by atoms with van der Waals surface area (Å²) in [7, 11) is -4.41. The first-order valence-corrected chi connectivity index (χ1v) is 10.7. The minimum atomic E-state index is -4.41. The third-order valence-corrected chi connectivity index (χ3v) is 7.50. The van der Waals surface area contributed by atoms with E-state index in [0.717, 1.165) is 22.8 Å². The number of rotatable bonds is 4. The summed E-state index contributed by atoms with van der Waals surface area (Å²) in [5, 5.41) is 9.32. The van der Waals surface area contributed by atoms with E-state index in [1.165, 1.54) is 12.1 Å². The number of benzene rings is 2. The van der Waals surface area contributed by atoms with Gasteiger partial charge in [-0.25, -0.2) is 21.6 Å². The summed E-state index contributed by atoms with van der Waals surface area (Å²) in [6.07, 6.45) is -0.777. The number of alkyl halides is 2. The number of amidine groups is 1. The second-order valence-corrected chi connectivity index (χ2v) is 9.45. The number of sulfonamides is 1. The molecule has 160 valence electrons. The summed E-state index contributed by atoms with van der Waals surface area (Å²) in [5.74, 6) is -3.68. The first kappa shape index (κ1) is 20.8. The molecule has 0 aromatic heterocycles. The van der Waals surface area contributed by atoms with Crippen LogP contribution in [-0.2, 0) is 16.6 Å². The number of aliphatic hydroxyl groups excluding tert-OH is 1. The maximum atomic E-state index is 15.0. The zero-order valence-electron chi connectivity index (χ0n) is 16.1. The van der Waals surface area contributed by atoms with Crippen LogP contribution in [0.2, 0.25) is 0 Å². The van der Waals surface area contributed by atoms with Crippen molar-refractivity contribution >= 4 is 15.9 Å². The summed E-state index contributed by atoms with van der Waals surface area (Å²) >= 11 is 0. The van der Waals surface area contributed by atoms with E-state index >= 15 is 0 Å². The SMILES string of the molecule is Cc1c(-c2ccc(S(=O)(=O)N3CC(F)(F)C[C@H]3CO)cc2F)ccc2c1C(N)=NC2. The number of hydrogen-bond donors (Lipinski definition) is 2. The molecule has 2 heterocycles. The van der Waals surface area contributed by atoms with E-state index in [9.17, 15) is 26.7 Å². The van der Waals surface area contributed by atoms with Gasteiger partial charge in [0.05, 0.1) is 30.6 Å². The fourth-order valence-electron chi connectivity index (χ4n) is 4.11. The van der Waals surface area contributed by atoms with E-state index in [2.05, 4.69) is 4.99 Å². The van der Waals surface area contributed by atoms with Crippen LogP contribution in [0.4, 0.5) is 13.2 Å². The van der Waals surface area contributed by atoms with E-state index in [1.807, 2.05) is 0 Å². The van der Waals surface area contributed by atoms with Crippen LogP contribution in [0, 0.1) is 12.7 Å². The topological polar surface area (TPSA) is 96.0 Å². The van der Waals surface area contributed by atoms with Crippen molar-refractivity contribution in [3.8, 4) is 11.1 Å². The molecule has 0 radical (unpaired) electrons. The molecule has 2 aromatic rings. The van der Waals surface area contributed by atoms with Crippen molar-refractivity contribution < 1.29 is 26.7 Å². The van der Waals surface area contributed by atoms with Gasteiger partial charge in [0.1, 0.15) is 11.7 Å². The van der Waals surface area contributed by atoms with Gasteiger partial charge in [-0.2, -0.15) is 4.31 Å². The normalized spacial score (nSPS) is 21.0. The van der Waals surface area contributed by atoms with Crippen LogP contribution in [0.15, 0.2) is 40.2 Å². The Morgan fingerprint density at radius 1 is 1.27 bits per heavy atom. The molecule has 3 N–H and O–H groups in total. The minimum absolute atomic E-state index is 0.166. The van der Waals surface area contributed by atoms with Gasteiger partial charge in [-0.15, -0.1) is 0 Å². The van der Waals surface area contributed by atoms with Gasteiger partial charge in [0.2, 0.25) is 10.0 Å². The third-order valence-electron chi connectivity index (χ3n) is 5.60. The highest BCUT2D eigenvalue weighted by Crippen LogP contribution is 2.37. The first-order valence-electron chi connectivity index (χ1n) is 9.28. The van der Waals surface area contributed by atoms with Crippen LogP contribution in [0.1, 0.15) is 23.1 Å². The number of nitrogens with zero attached hydrogens (tertiary/aromatic N) is 2. The van der Waals surface area contributed by atoms with Crippen LogP contribution in [0.5, 0.6) is 0 Å². The molecule has 0 bridgehead atoms. The van der Waals surface area contributed by atoms with Crippen LogP contribution < -0.4 is 5.73 Å². The highest BCUT2D eigenvalue weighted by atomic mass is 32.2. The van der Waals surface area contributed by atoms with E-state index in [0.29, 0.717) is 22.2 Å². The molecule has 6 nitrogen and oxygen atoms in total. The molecule has 1 saturated heterocycles. The predicted molar refractivity (Wildman–Crippen MR) is 105 cm³/mol. The average molecular weight is 439 g/mol. The summed E-state index contributed by atoms with van der Waals surface area (Å²) < 4.78 is 68.6. The molecule has 1 fully saturated rings. The Kier molecular flexibility index (Phi) is 4.91. The summed E-state index contributed by atoms with van der Waals surface area (Å²) in [6, 6.07) is 5.57. The second-order valence-electron chi connectivity index (χ2n) is 7.56. The molecule has 1 atom stereocenters. The molecule has 0 aliphatic carbocycles. The zero-order valence-corrected chi connectivity index (χ0v) is 16.9. The lowest BCUT2D eigenvalue weighted by molar-refractivity contribution is 0.0161. The van der Waals surface area contributed by atoms with E-state index in [4.69, 9.17) is 5.73 Å². The second kappa shape index (κ2) is 7.07. The van der Waals surface area contributed by atoms with Crippen LogP contribution >= 0.6 is 0 Å². The fraction of sp³-hybridized carbons (Fsp3) is 0.350. The highest BCUT2D eigenvalue weighted by Gasteiger charge is 2.49. The summed E-state index contributed by atoms with van der Waals surface area (Å²) in [6.45, 7) is 0.442. The Labute approximate surface area is 171 Å². The third kappa shape index (κ3) is 3.28. The van der Waals surface area contributed by atoms with Gasteiger partial charge in [0, 0.05) is 17.5 Å². The molecule has 2 aromatic carbocycles. The first-order chi connectivity index (χ1) is 14.0. The monoisotopic (exact) mass is 439 g/mol. The lowest BCUT2D eigenvalue weighted by Crippen LogP contribution is -2.38. The van der Waals surface area contributed by atoms with Gasteiger partial charge < -0.3 is 10.8 Å². The number of nitrogens with two attached hydrogens (primary N) is 1. The Bertz CT molecular complexity index is 1170. The molecule has 10 heteroatoms. The van der Waals surface area contributed by atoms with Crippen molar-refractivity contribution in [2.24, 2.45) is 10.7 Å². The number of aliphatic imine (C=N–C) groups is 1. The van der Waals surface area contributed by atoms with Crippen molar-refractivity contribution in [3.05, 3.63) is 52.8 Å². The van der Waals surface area contributed by atoms with Crippen molar-refractivity contribution in [2.75, 3.05) is 13.2 Å². The maximum absolute atomic E-state index is 15.0. The van der Waals surface area contributed by atoms with Crippen LogP contribution in [0.3, 0.4) is 0 Å². The number of hydrogen-bond acceptors (Lipinski definition) is 5. The molecular weight excluding hydrogens is 419 g/mol. The lowest BCUT2D eigenvalue weighted by Gasteiger charge is -2.22. The molecule has 0 amide bonds. The Hall–Kier alpha value is -2.43. The zero-order chi connectivity index (χ0) is 21.8. The Morgan fingerprint density at radius 2 is 1.97 bits per heavy atom. The quantitative estimate of drug-likeness (QED) is 0.765. The van der Waals surface area contributed by atoms with Crippen LogP contribution in [-0.4, -0.2) is 48.8 Å². The van der Waals surface area contributed by atoms with Crippen molar-refractivity contribution in [1.82, 2.24) is 4.31 Å². The van der Waals surface area contributed by atoms with E-state index in [1.54, 1.807) is 19.1 Å². The Morgan fingerprint density at radius 3 is 2.63 bits per heavy atom. The molecule has 2 aliphatic heterocycles. The lowest BCUT2D eigenvalue weighted by atomic mass is 9.93. The maximum Gasteiger partial charge on any atom is 0.263 e. The highest BCUT2D eigenvalue weighted by molar-refractivity contribution is 7.89. The van der Waals surface area contributed by atoms with Crippen LogP contribution in [0.25, 0.3) is 11.1 Å². The van der Waals surface area contributed by atoms with Crippen molar-refractivity contribution in [3.63, 3.8) is 0 Å². The average Bonchev–Trinajstić information content (AvgIpc) is 3.22. The molecular formula is C20H20F3N3O3S. The summed E-state index contributed by atoms with van der Waals surface area (Å²) in [4.78, 5) is 3.73. The molecule has 2 aliphatic rings. The standard InChI is InChI=1S/C20H20F3N3O3S/c1-11-15(4-2-12-8-25-19(24)18(11)12)16-5-3-14(6-17(16)21)30(28,29)26-10-20(22,23)7-13(26)9-27/h2-6,13,27H,7-10H2,1H3,(H2,24,25)/t13-/m0/s1. The number of aliphatic hydroxyl groups is 1. The van der Waals surface area contributed by atoms with E-state index < -0.39 is 52.3 Å². The van der Waals surface area contributed by atoms with Crippen molar-refractivity contribution in [1.29, 1.82) is 0 Å². The van der Waals surface area contributed by atoms with Crippen molar-refractivity contribution in [2.45, 2.75) is 36.7 Å². The Balaban J connectivity index is 1.73. The molecule has 0 spiro atoms. The molecule has 4 rings (SSSR count). The summed E-state index contributed by atoms with van der Waals surface area (Å²) in [5.41, 5.74) is 9.02. The van der Waals surface area contributed by atoms with Gasteiger partial charge in [-0.3, -0.25) is 4.99 Å². The van der Waals surface area contributed by atoms with Gasteiger partial charge >= 0.3 is 0 Å². The minimum Gasteiger partial charge on any atom is -0.395 e. The van der Waals surface area contributed by atoms with Gasteiger partial charge in [0.15, 0.2) is 0 Å².